The van der Waals surface area contributed by atoms with Gasteiger partial charge in [0.05, 0.1) is 0 Å². The van der Waals surface area contributed by atoms with Gasteiger partial charge in [-0.3, -0.25) is 14.5 Å². The second-order valence-electron chi connectivity index (χ2n) is 6.04. The van der Waals surface area contributed by atoms with Gasteiger partial charge >= 0.3 is 0 Å². The summed E-state index contributed by atoms with van der Waals surface area (Å²) in [6.45, 7) is 5.29. The molecule has 0 saturated carbocycles. The average Bonchev–Trinajstić information content (AvgIpc) is 3.00. The van der Waals surface area contributed by atoms with E-state index in [1.54, 1.807) is 24.3 Å². The Labute approximate surface area is 130 Å². The quantitative estimate of drug-likeness (QED) is 0.792. The summed E-state index contributed by atoms with van der Waals surface area (Å²) >= 11 is 0. The van der Waals surface area contributed by atoms with E-state index in [0.717, 1.165) is 19.6 Å². The molecule has 5 nitrogen and oxygen atoms in total. The van der Waals surface area contributed by atoms with Gasteiger partial charge < -0.3 is 9.64 Å². The second-order valence-corrected chi connectivity index (χ2v) is 6.04. The third-order valence-corrected chi connectivity index (χ3v) is 4.54. The molecule has 1 aromatic carbocycles. The van der Waals surface area contributed by atoms with Crippen LogP contribution in [0.15, 0.2) is 24.3 Å². The minimum Gasteiger partial charge on any atom is -0.484 e. The average molecular weight is 302 g/mol. The number of carbonyl (C=O) groups is 2. The van der Waals surface area contributed by atoms with Gasteiger partial charge in [0.1, 0.15) is 5.75 Å². The first kappa shape index (κ1) is 15.0. The van der Waals surface area contributed by atoms with Crippen LogP contribution in [0.3, 0.4) is 0 Å². The maximum absolute atomic E-state index is 12.3. The van der Waals surface area contributed by atoms with Gasteiger partial charge in [-0.25, -0.2) is 0 Å². The predicted molar refractivity (Wildman–Crippen MR) is 83.1 cm³/mol. The van der Waals surface area contributed by atoms with Crippen molar-refractivity contribution in [3.63, 3.8) is 0 Å². The lowest BCUT2D eigenvalue weighted by atomic mass is 10.1. The molecule has 0 radical (unpaired) electrons. The summed E-state index contributed by atoms with van der Waals surface area (Å²) in [5.74, 6) is 0.592. The van der Waals surface area contributed by atoms with E-state index in [1.165, 1.54) is 26.3 Å². The Morgan fingerprint density at radius 3 is 2.95 bits per heavy atom. The molecule has 3 rings (SSSR count). The summed E-state index contributed by atoms with van der Waals surface area (Å²) in [5.41, 5.74) is 0.601. The maximum atomic E-state index is 12.3. The van der Waals surface area contributed by atoms with Crippen molar-refractivity contribution in [2.45, 2.75) is 25.8 Å². The summed E-state index contributed by atoms with van der Waals surface area (Å²) < 4.78 is 5.57. The highest BCUT2D eigenvalue weighted by Crippen LogP contribution is 2.21. The van der Waals surface area contributed by atoms with Gasteiger partial charge in [-0.1, -0.05) is 12.1 Å². The van der Waals surface area contributed by atoms with Crippen LogP contribution >= 0.6 is 0 Å². The Hall–Kier alpha value is -1.88. The van der Waals surface area contributed by atoms with E-state index in [0.29, 0.717) is 17.4 Å². The lowest BCUT2D eigenvalue weighted by Gasteiger charge is -2.37. The number of amides is 1. The standard InChI is InChI=1S/C17H22N2O3/c1-13(20)14-4-2-6-16(10-14)22-12-17(21)19-9-8-18-7-3-5-15(18)11-19/h2,4,6,10,15H,3,5,7-9,11-12H2,1H3. The van der Waals surface area contributed by atoms with Crippen molar-refractivity contribution in [1.29, 1.82) is 0 Å². The highest BCUT2D eigenvalue weighted by Gasteiger charge is 2.32. The van der Waals surface area contributed by atoms with Crippen molar-refractivity contribution in [2.24, 2.45) is 0 Å². The van der Waals surface area contributed by atoms with Gasteiger partial charge in [-0.05, 0) is 38.4 Å². The third kappa shape index (κ3) is 3.30. The predicted octanol–water partition coefficient (Wildman–Crippen LogP) is 1.57. The molecule has 0 aromatic heterocycles. The van der Waals surface area contributed by atoms with E-state index < -0.39 is 0 Å². The maximum Gasteiger partial charge on any atom is 0.260 e. The fourth-order valence-corrected chi connectivity index (χ4v) is 3.26. The number of ether oxygens (including phenoxy) is 1. The van der Waals surface area contributed by atoms with Crippen LogP contribution in [0.5, 0.6) is 5.75 Å². The fourth-order valence-electron chi connectivity index (χ4n) is 3.26. The molecule has 5 heteroatoms. The zero-order chi connectivity index (χ0) is 15.5. The van der Waals surface area contributed by atoms with Crippen LogP contribution < -0.4 is 4.74 Å². The molecular formula is C17H22N2O3. The van der Waals surface area contributed by atoms with Crippen LogP contribution in [0, 0.1) is 0 Å². The van der Waals surface area contributed by atoms with Crippen LogP contribution in [-0.2, 0) is 4.79 Å². The fraction of sp³-hybridized carbons (Fsp3) is 0.529. The van der Waals surface area contributed by atoms with Crippen LogP contribution in [0.25, 0.3) is 0 Å². The number of hydrogen-bond donors (Lipinski definition) is 0. The number of hydrogen-bond acceptors (Lipinski definition) is 4. The number of ketones is 1. The zero-order valence-electron chi connectivity index (χ0n) is 13.0. The highest BCUT2D eigenvalue weighted by molar-refractivity contribution is 5.94. The van der Waals surface area contributed by atoms with Gasteiger partial charge in [-0.2, -0.15) is 0 Å². The Morgan fingerprint density at radius 1 is 1.27 bits per heavy atom. The molecule has 22 heavy (non-hydrogen) atoms. The summed E-state index contributed by atoms with van der Waals surface area (Å²) in [5, 5.41) is 0. The molecular weight excluding hydrogens is 280 g/mol. The molecule has 0 aliphatic carbocycles. The van der Waals surface area contributed by atoms with E-state index in [4.69, 9.17) is 4.74 Å². The zero-order valence-corrected chi connectivity index (χ0v) is 13.0. The number of nitrogens with zero attached hydrogens (tertiary/aromatic N) is 2. The Bertz CT molecular complexity index is 573. The first-order valence-electron chi connectivity index (χ1n) is 7.89. The van der Waals surface area contributed by atoms with Crippen molar-refractivity contribution in [2.75, 3.05) is 32.8 Å². The Balaban J connectivity index is 1.54. The number of carbonyl (C=O) groups excluding carboxylic acids is 2. The van der Waals surface area contributed by atoms with Crippen molar-refractivity contribution < 1.29 is 14.3 Å². The van der Waals surface area contributed by atoms with Crippen molar-refractivity contribution in [3.8, 4) is 5.75 Å². The summed E-state index contributed by atoms with van der Waals surface area (Å²) in [4.78, 5) is 28.0. The molecule has 1 atom stereocenters. The highest BCUT2D eigenvalue weighted by atomic mass is 16.5. The molecule has 2 fully saturated rings. The van der Waals surface area contributed by atoms with Crippen LogP contribution in [0.1, 0.15) is 30.1 Å². The summed E-state index contributed by atoms with van der Waals surface area (Å²) in [7, 11) is 0. The van der Waals surface area contributed by atoms with E-state index >= 15 is 0 Å². The largest absolute Gasteiger partial charge is 0.484 e. The molecule has 2 aliphatic rings. The molecule has 1 aromatic rings. The molecule has 1 unspecified atom stereocenters. The molecule has 0 bridgehead atoms. The minimum atomic E-state index is -0.00543. The molecule has 0 spiro atoms. The first-order chi connectivity index (χ1) is 10.6. The van der Waals surface area contributed by atoms with Gasteiger partial charge in [0.2, 0.25) is 0 Å². The lowest BCUT2D eigenvalue weighted by Crippen LogP contribution is -2.53. The molecule has 2 saturated heterocycles. The second kappa shape index (κ2) is 6.48. The van der Waals surface area contributed by atoms with Crippen molar-refractivity contribution >= 4 is 11.7 Å². The number of fused-ring (bicyclic) bond motifs is 1. The monoisotopic (exact) mass is 302 g/mol. The molecule has 2 heterocycles. The third-order valence-electron chi connectivity index (χ3n) is 4.54. The normalized spacial score (nSPS) is 21.5. The first-order valence-corrected chi connectivity index (χ1v) is 7.89. The van der Waals surface area contributed by atoms with Crippen LogP contribution in [-0.4, -0.2) is 60.3 Å². The van der Waals surface area contributed by atoms with E-state index in [1.807, 2.05) is 4.90 Å². The minimum absolute atomic E-state index is 0.00543. The molecule has 2 aliphatic heterocycles. The molecule has 0 N–H and O–H groups in total. The lowest BCUT2D eigenvalue weighted by molar-refractivity contribution is -0.135. The van der Waals surface area contributed by atoms with Gasteiger partial charge in [0, 0.05) is 31.2 Å². The number of rotatable bonds is 4. The van der Waals surface area contributed by atoms with E-state index in [-0.39, 0.29) is 18.3 Å². The van der Waals surface area contributed by atoms with E-state index in [2.05, 4.69) is 4.90 Å². The smallest absolute Gasteiger partial charge is 0.260 e. The van der Waals surface area contributed by atoms with Gasteiger partial charge in [-0.15, -0.1) is 0 Å². The van der Waals surface area contributed by atoms with Crippen molar-refractivity contribution in [1.82, 2.24) is 9.80 Å². The molecule has 118 valence electrons. The molecule has 1 amide bonds. The number of Topliss-reactive ketones (excluding diaryl/α,β-unsaturated/α-hetero) is 1. The number of piperazine rings is 1. The topological polar surface area (TPSA) is 49.9 Å². The van der Waals surface area contributed by atoms with E-state index in [9.17, 15) is 9.59 Å². The summed E-state index contributed by atoms with van der Waals surface area (Å²) in [6.07, 6.45) is 2.42. The Kier molecular flexibility index (Phi) is 4.43. The van der Waals surface area contributed by atoms with Crippen LogP contribution in [0.4, 0.5) is 0 Å². The number of benzene rings is 1. The van der Waals surface area contributed by atoms with Gasteiger partial charge in [0.25, 0.3) is 5.91 Å². The van der Waals surface area contributed by atoms with Gasteiger partial charge in [0.15, 0.2) is 12.4 Å². The van der Waals surface area contributed by atoms with Crippen molar-refractivity contribution in [3.05, 3.63) is 29.8 Å². The Morgan fingerprint density at radius 2 is 2.14 bits per heavy atom. The SMILES string of the molecule is CC(=O)c1cccc(OCC(=O)N2CCN3CCCC3C2)c1. The summed E-state index contributed by atoms with van der Waals surface area (Å²) in [6, 6.07) is 7.50. The van der Waals surface area contributed by atoms with Crippen LogP contribution in [0.2, 0.25) is 0 Å².